The van der Waals surface area contributed by atoms with Crippen LogP contribution in [0.1, 0.15) is 75.6 Å². The van der Waals surface area contributed by atoms with E-state index in [1.165, 1.54) is 44.9 Å². The van der Waals surface area contributed by atoms with Crippen molar-refractivity contribution in [2.24, 2.45) is 0 Å². The number of aromatic nitrogens is 1. The smallest absolute Gasteiger partial charge is 0.257 e. The summed E-state index contributed by atoms with van der Waals surface area (Å²) in [4.78, 5) is 12.1. The van der Waals surface area contributed by atoms with E-state index in [2.05, 4.69) is 23.7 Å². The quantitative estimate of drug-likeness (QED) is 0.487. The molecule has 1 aromatic rings. The molecular formula is C18H31N2O+. The van der Waals surface area contributed by atoms with E-state index in [0.717, 1.165) is 25.1 Å². The summed E-state index contributed by atoms with van der Waals surface area (Å²) in [5.74, 6) is 0.0504. The molecule has 1 aromatic heterocycles. The lowest BCUT2D eigenvalue weighted by Crippen LogP contribution is -2.35. The van der Waals surface area contributed by atoms with Gasteiger partial charge in [-0.3, -0.25) is 4.79 Å². The highest BCUT2D eigenvalue weighted by Gasteiger charge is 2.09. The maximum atomic E-state index is 12.1. The van der Waals surface area contributed by atoms with Crippen LogP contribution >= 0.6 is 0 Å². The summed E-state index contributed by atoms with van der Waals surface area (Å²) in [7, 11) is 0. The van der Waals surface area contributed by atoms with Crippen molar-refractivity contribution in [3.8, 4) is 0 Å². The van der Waals surface area contributed by atoms with Crippen LogP contribution in [0.3, 0.4) is 0 Å². The summed E-state index contributed by atoms with van der Waals surface area (Å²) in [6.07, 6.45) is 13.7. The molecule has 1 rings (SSSR count). The Balaban J connectivity index is 2.34. The van der Waals surface area contributed by atoms with E-state index in [0.29, 0.717) is 0 Å². The van der Waals surface area contributed by atoms with Gasteiger partial charge in [-0.2, -0.15) is 0 Å². The van der Waals surface area contributed by atoms with E-state index in [4.69, 9.17) is 0 Å². The monoisotopic (exact) mass is 291 g/mol. The van der Waals surface area contributed by atoms with Crippen LogP contribution in [0.4, 0.5) is 0 Å². The maximum absolute atomic E-state index is 12.1. The Bertz CT molecular complexity index is 404. The molecular weight excluding hydrogens is 260 g/mol. The second-order valence-electron chi connectivity index (χ2n) is 5.71. The molecule has 3 heteroatoms. The molecule has 0 saturated heterocycles. The molecule has 0 saturated carbocycles. The predicted molar refractivity (Wildman–Crippen MR) is 87.3 cm³/mol. The van der Waals surface area contributed by atoms with E-state index >= 15 is 0 Å². The normalized spacial score (nSPS) is 10.6. The fourth-order valence-corrected chi connectivity index (χ4v) is 2.37. The Hall–Kier alpha value is -1.38. The highest BCUT2D eigenvalue weighted by molar-refractivity contribution is 5.93. The van der Waals surface area contributed by atoms with Crippen LogP contribution in [0.15, 0.2) is 24.5 Å². The van der Waals surface area contributed by atoms with Crippen LogP contribution in [0, 0.1) is 0 Å². The van der Waals surface area contributed by atoms with Gasteiger partial charge in [0.15, 0.2) is 12.4 Å². The Kier molecular flexibility index (Phi) is 9.51. The van der Waals surface area contributed by atoms with Crippen molar-refractivity contribution in [2.45, 2.75) is 71.8 Å². The number of carbonyl (C=O) groups is 1. The number of nitrogens with zero attached hydrogens (tertiary/aromatic N) is 1. The third-order valence-corrected chi connectivity index (χ3v) is 3.71. The second-order valence-corrected chi connectivity index (χ2v) is 5.71. The molecule has 0 aliphatic rings. The molecule has 0 radical (unpaired) electrons. The van der Waals surface area contributed by atoms with Gasteiger partial charge in [-0.15, -0.1) is 0 Å². The molecule has 0 bridgehead atoms. The van der Waals surface area contributed by atoms with Crippen LogP contribution in [0.2, 0.25) is 0 Å². The Morgan fingerprint density at radius 3 is 2.48 bits per heavy atom. The predicted octanol–water partition coefficient (Wildman–Crippen LogP) is 3.86. The number of unbranched alkanes of at least 4 members (excludes halogenated alkanes) is 6. The van der Waals surface area contributed by atoms with Crippen LogP contribution in [-0.4, -0.2) is 12.5 Å². The van der Waals surface area contributed by atoms with E-state index in [9.17, 15) is 4.79 Å². The van der Waals surface area contributed by atoms with Crippen LogP contribution in [0.25, 0.3) is 0 Å². The van der Waals surface area contributed by atoms with Crippen molar-refractivity contribution in [1.29, 1.82) is 0 Å². The first-order valence-corrected chi connectivity index (χ1v) is 8.55. The zero-order valence-electron chi connectivity index (χ0n) is 13.7. The maximum Gasteiger partial charge on any atom is 0.257 e. The number of hydrogen-bond donors (Lipinski definition) is 1. The standard InChI is InChI=1S/C18H30N2O/c1-3-5-7-9-13-19-18(21)17-12-11-15-20(16-17)14-10-8-6-4-2/h11-12,15-16H,3-10,13-14H2,1-2H3/p+1. The van der Waals surface area contributed by atoms with Gasteiger partial charge in [0.05, 0.1) is 0 Å². The first-order valence-electron chi connectivity index (χ1n) is 8.55. The van der Waals surface area contributed by atoms with E-state index in [1.807, 2.05) is 24.5 Å². The Labute approximate surface area is 129 Å². The zero-order chi connectivity index (χ0) is 15.3. The number of rotatable bonds is 11. The number of amides is 1. The van der Waals surface area contributed by atoms with Gasteiger partial charge >= 0.3 is 0 Å². The fraction of sp³-hybridized carbons (Fsp3) is 0.667. The van der Waals surface area contributed by atoms with Crippen molar-refractivity contribution in [1.82, 2.24) is 5.32 Å². The Morgan fingerprint density at radius 1 is 1.05 bits per heavy atom. The average Bonchev–Trinajstić information content (AvgIpc) is 2.51. The average molecular weight is 291 g/mol. The number of nitrogens with one attached hydrogen (secondary N) is 1. The summed E-state index contributed by atoms with van der Waals surface area (Å²) >= 11 is 0. The van der Waals surface area contributed by atoms with Gasteiger partial charge in [0, 0.05) is 19.0 Å². The minimum atomic E-state index is 0.0504. The lowest BCUT2D eigenvalue weighted by Gasteiger charge is -2.04. The summed E-state index contributed by atoms with van der Waals surface area (Å²) in [6, 6.07) is 3.86. The van der Waals surface area contributed by atoms with Crippen molar-refractivity contribution in [3.63, 3.8) is 0 Å². The first-order chi connectivity index (χ1) is 10.3. The number of hydrogen-bond acceptors (Lipinski definition) is 1. The minimum Gasteiger partial charge on any atom is -0.352 e. The van der Waals surface area contributed by atoms with Gasteiger partial charge in [0.25, 0.3) is 5.91 Å². The summed E-state index contributed by atoms with van der Waals surface area (Å²) in [6.45, 7) is 6.20. The molecule has 3 nitrogen and oxygen atoms in total. The third-order valence-electron chi connectivity index (χ3n) is 3.71. The molecule has 0 unspecified atom stereocenters. The summed E-state index contributed by atoms with van der Waals surface area (Å²) in [5.41, 5.74) is 0.767. The molecule has 21 heavy (non-hydrogen) atoms. The van der Waals surface area contributed by atoms with Gasteiger partial charge in [0.2, 0.25) is 0 Å². The molecule has 0 spiro atoms. The summed E-state index contributed by atoms with van der Waals surface area (Å²) < 4.78 is 2.13. The van der Waals surface area contributed by atoms with Gasteiger partial charge in [0.1, 0.15) is 12.1 Å². The van der Waals surface area contributed by atoms with E-state index < -0.39 is 0 Å². The molecule has 0 fully saturated rings. The van der Waals surface area contributed by atoms with E-state index in [1.54, 1.807) is 0 Å². The van der Waals surface area contributed by atoms with Crippen molar-refractivity contribution < 1.29 is 9.36 Å². The molecule has 0 atom stereocenters. The molecule has 0 aliphatic carbocycles. The van der Waals surface area contributed by atoms with E-state index in [-0.39, 0.29) is 5.91 Å². The van der Waals surface area contributed by atoms with Gasteiger partial charge < -0.3 is 5.32 Å². The van der Waals surface area contributed by atoms with Crippen LogP contribution < -0.4 is 9.88 Å². The largest absolute Gasteiger partial charge is 0.352 e. The lowest BCUT2D eigenvalue weighted by molar-refractivity contribution is -0.697. The van der Waals surface area contributed by atoms with Crippen molar-refractivity contribution in [3.05, 3.63) is 30.1 Å². The molecule has 1 amide bonds. The summed E-state index contributed by atoms with van der Waals surface area (Å²) in [5, 5.41) is 3.01. The number of pyridine rings is 1. The second kappa shape index (κ2) is 11.3. The fourth-order valence-electron chi connectivity index (χ4n) is 2.37. The molecule has 0 aromatic carbocycles. The SMILES string of the molecule is CCCCCCNC(=O)c1ccc[n+](CCCCCC)c1. The van der Waals surface area contributed by atoms with Crippen molar-refractivity contribution in [2.75, 3.05) is 6.54 Å². The minimum absolute atomic E-state index is 0.0504. The van der Waals surface area contributed by atoms with Crippen LogP contribution in [0.5, 0.6) is 0 Å². The zero-order valence-corrected chi connectivity index (χ0v) is 13.7. The third kappa shape index (κ3) is 7.84. The number of carbonyl (C=O) groups excluding carboxylic acids is 1. The molecule has 118 valence electrons. The Morgan fingerprint density at radius 2 is 1.76 bits per heavy atom. The molecule has 1 heterocycles. The highest BCUT2D eigenvalue weighted by Crippen LogP contribution is 2.01. The topological polar surface area (TPSA) is 33.0 Å². The molecule has 0 aliphatic heterocycles. The molecule has 1 N–H and O–H groups in total. The van der Waals surface area contributed by atoms with Crippen LogP contribution in [-0.2, 0) is 6.54 Å². The number of aryl methyl sites for hydroxylation is 1. The van der Waals surface area contributed by atoms with Crippen molar-refractivity contribution >= 4 is 5.91 Å². The van der Waals surface area contributed by atoms with Gasteiger partial charge in [-0.1, -0.05) is 46.0 Å². The highest BCUT2D eigenvalue weighted by atomic mass is 16.1. The van der Waals surface area contributed by atoms with Gasteiger partial charge in [-0.05, 0) is 18.9 Å². The first kappa shape index (κ1) is 17.7. The lowest BCUT2D eigenvalue weighted by atomic mass is 10.2. The van der Waals surface area contributed by atoms with Gasteiger partial charge in [-0.25, -0.2) is 4.57 Å².